The second-order valence-electron chi connectivity index (χ2n) is 10.5. The van der Waals surface area contributed by atoms with Crippen molar-refractivity contribution < 1.29 is 22.4 Å². The van der Waals surface area contributed by atoms with Crippen molar-refractivity contribution in [1.29, 1.82) is 0 Å². The van der Waals surface area contributed by atoms with Gasteiger partial charge in [-0.2, -0.15) is 0 Å². The topological polar surface area (TPSA) is 86.8 Å². The fraction of sp³-hybridized carbons (Fsp3) is 0.235. The molecule has 0 unspecified atom stereocenters. The first-order valence-corrected chi connectivity index (χ1v) is 16.1. The highest BCUT2D eigenvalue weighted by Gasteiger charge is 2.35. The molecule has 10 heteroatoms. The zero-order chi connectivity index (χ0) is 31.7. The van der Waals surface area contributed by atoms with E-state index in [-0.39, 0.29) is 35.5 Å². The van der Waals surface area contributed by atoms with Gasteiger partial charge in [-0.05, 0) is 60.9 Å². The van der Waals surface area contributed by atoms with Gasteiger partial charge in [-0.3, -0.25) is 13.9 Å². The van der Waals surface area contributed by atoms with Crippen LogP contribution in [-0.2, 0) is 32.6 Å². The maximum atomic E-state index is 15.2. The van der Waals surface area contributed by atoms with E-state index in [0.717, 1.165) is 15.9 Å². The van der Waals surface area contributed by atoms with Gasteiger partial charge in [0.1, 0.15) is 18.4 Å². The minimum absolute atomic E-state index is 0.0404. The van der Waals surface area contributed by atoms with E-state index in [4.69, 9.17) is 11.6 Å². The normalized spacial score (nSPS) is 12.6. The summed E-state index contributed by atoms with van der Waals surface area (Å²) in [5, 5.41) is 3.42. The van der Waals surface area contributed by atoms with Crippen LogP contribution in [0.2, 0.25) is 5.02 Å². The zero-order valence-corrected chi connectivity index (χ0v) is 26.1. The smallest absolute Gasteiger partial charge is 0.264 e. The van der Waals surface area contributed by atoms with Crippen molar-refractivity contribution in [2.24, 2.45) is 0 Å². The molecule has 0 aliphatic carbocycles. The van der Waals surface area contributed by atoms with E-state index in [2.05, 4.69) is 5.32 Å². The first-order valence-electron chi connectivity index (χ1n) is 14.3. The van der Waals surface area contributed by atoms with E-state index in [0.29, 0.717) is 17.0 Å². The van der Waals surface area contributed by atoms with Gasteiger partial charge in [0.05, 0.1) is 10.6 Å². The Bertz CT molecular complexity index is 1670. The van der Waals surface area contributed by atoms with Gasteiger partial charge in [0.25, 0.3) is 10.0 Å². The highest BCUT2D eigenvalue weighted by Crippen LogP contribution is 2.27. The summed E-state index contributed by atoms with van der Waals surface area (Å²) in [4.78, 5) is 29.5. The summed E-state index contributed by atoms with van der Waals surface area (Å²) in [5.74, 6) is -1.88. The molecule has 0 heterocycles. The summed E-state index contributed by atoms with van der Waals surface area (Å²) in [5.41, 5.74) is 1.17. The number of carbonyl (C=O) groups excluding carboxylic acids is 2. The fourth-order valence-corrected chi connectivity index (χ4v) is 6.37. The maximum absolute atomic E-state index is 15.2. The van der Waals surface area contributed by atoms with Gasteiger partial charge in [0, 0.05) is 24.0 Å². The van der Waals surface area contributed by atoms with Crippen LogP contribution in [0.25, 0.3) is 0 Å². The third kappa shape index (κ3) is 8.24. The lowest BCUT2D eigenvalue weighted by Gasteiger charge is -2.34. The average molecular weight is 636 g/mol. The van der Waals surface area contributed by atoms with Gasteiger partial charge in [-0.1, -0.05) is 91.3 Å². The Hall–Kier alpha value is -4.21. The zero-order valence-electron chi connectivity index (χ0n) is 24.6. The van der Waals surface area contributed by atoms with E-state index in [1.54, 1.807) is 42.5 Å². The summed E-state index contributed by atoms with van der Waals surface area (Å²) in [6.07, 6.45) is 0.836. The minimum Gasteiger partial charge on any atom is -0.352 e. The molecule has 0 aliphatic heterocycles. The average Bonchev–Trinajstić information content (AvgIpc) is 3.02. The van der Waals surface area contributed by atoms with Crippen LogP contribution in [0, 0.1) is 5.82 Å². The van der Waals surface area contributed by atoms with Crippen LogP contribution in [0.15, 0.2) is 114 Å². The SMILES string of the molecule is CC[C@H](C)NC(=O)[C@@H](Cc1ccccc1)N(Cc1cccc(Cl)c1)C(=O)CN(c1ccccc1F)S(=O)(=O)c1ccccc1. The number of rotatable bonds is 13. The second kappa shape index (κ2) is 15.0. The number of nitrogens with one attached hydrogen (secondary N) is 1. The Kier molecular flexibility index (Phi) is 11.1. The summed E-state index contributed by atoms with van der Waals surface area (Å²) in [6.45, 7) is 3.02. The Balaban J connectivity index is 1.81. The monoisotopic (exact) mass is 635 g/mol. The number of benzene rings is 4. The first kappa shape index (κ1) is 32.7. The Labute approximate surface area is 263 Å². The van der Waals surface area contributed by atoms with Crippen LogP contribution in [-0.4, -0.2) is 43.8 Å². The van der Waals surface area contributed by atoms with E-state index < -0.39 is 34.3 Å². The van der Waals surface area contributed by atoms with Crippen LogP contribution >= 0.6 is 11.6 Å². The van der Waals surface area contributed by atoms with Crippen molar-refractivity contribution in [3.05, 3.63) is 131 Å². The molecule has 0 fully saturated rings. The van der Waals surface area contributed by atoms with Crippen molar-refractivity contribution in [2.75, 3.05) is 10.8 Å². The molecular weight excluding hydrogens is 601 g/mol. The summed E-state index contributed by atoms with van der Waals surface area (Å²) < 4.78 is 43.8. The number of amides is 2. The van der Waals surface area contributed by atoms with E-state index in [9.17, 15) is 18.0 Å². The number of nitrogens with zero attached hydrogens (tertiary/aromatic N) is 2. The molecule has 2 amide bonds. The highest BCUT2D eigenvalue weighted by molar-refractivity contribution is 7.92. The Morgan fingerprint density at radius 2 is 1.48 bits per heavy atom. The molecule has 1 N–H and O–H groups in total. The van der Waals surface area contributed by atoms with Gasteiger partial charge in [0.15, 0.2) is 0 Å². The predicted molar refractivity (Wildman–Crippen MR) is 171 cm³/mol. The number of para-hydroxylation sites is 1. The minimum atomic E-state index is -4.39. The van der Waals surface area contributed by atoms with Crippen molar-refractivity contribution in [3.63, 3.8) is 0 Å². The Morgan fingerprint density at radius 3 is 2.11 bits per heavy atom. The highest BCUT2D eigenvalue weighted by atomic mass is 35.5. The molecule has 7 nitrogen and oxygen atoms in total. The molecule has 4 aromatic carbocycles. The van der Waals surface area contributed by atoms with Crippen LogP contribution in [0.3, 0.4) is 0 Å². The van der Waals surface area contributed by atoms with E-state index in [1.807, 2.05) is 44.2 Å². The largest absolute Gasteiger partial charge is 0.352 e. The third-order valence-electron chi connectivity index (χ3n) is 7.25. The Morgan fingerprint density at radius 1 is 0.864 bits per heavy atom. The molecule has 4 rings (SSSR count). The van der Waals surface area contributed by atoms with Crippen molar-refractivity contribution in [3.8, 4) is 0 Å². The van der Waals surface area contributed by atoms with E-state index in [1.165, 1.54) is 35.2 Å². The number of anilines is 1. The van der Waals surface area contributed by atoms with Gasteiger partial charge < -0.3 is 10.2 Å². The molecule has 0 bridgehead atoms. The van der Waals surface area contributed by atoms with Gasteiger partial charge in [-0.25, -0.2) is 12.8 Å². The van der Waals surface area contributed by atoms with E-state index >= 15 is 4.39 Å². The quantitative estimate of drug-likeness (QED) is 0.189. The summed E-state index contributed by atoms with van der Waals surface area (Å²) >= 11 is 6.26. The number of sulfonamides is 1. The summed E-state index contributed by atoms with van der Waals surface area (Å²) in [6, 6.07) is 27.9. The summed E-state index contributed by atoms with van der Waals surface area (Å²) in [7, 11) is -4.39. The van der Waals surface area contributed by atoms with Crippen LogP contribution in [0.5, 0.6) is 0 Å². The molecular formula is C34H35ClFN3O4S. The molecule has 0 radical (unpaired) electrons. The number of carbonyl (C=O) groups is 2. The molecule has 44 heavy (non-hydrogen) atoms. The van der Waals surface area contributed by atoms with Gasteiger partial charge in [0.2, 0.25) is 11.8 Å². The lowest BCUT2D eigenvalue weighted by molar-refractivity contribution is -0.140. The lowest BCUT2D eigenvalue weighted by Crippen LogP contribution is -2.54. The number of hydrogen-bond acceptors (Lipinski definition) is 4. The van der Waals surface area contributed by atoms with Crippen molar-refractivity contribution in [2.45, 2.75) is 50.2 Å². The lowest BCUT2D eigenvalue weighted by atomic mass is 10.0. The molecule has 230 valence electrons. The molecule has 2 atom stereocenters. The maximum Gasteiger partial charge on any atom is 0.264 e. The molecule has 0 aromatic heterocycles. The number of halogens is 2. The van der Waals surface area contributed by atoms with Crippen LogP contribution in [0.4, 0.5) is 10.1 Å². The predicted octanol–water partition coefficient (Wildman–Crippen LogP) is 6.23. The van der Waals surface area contributed by atoms with Crippen LogP contribution in [0.1, 0.15) is 31.4 Å². The standard InChI is InChI=1S/C34H35ClFN3O4S/c1-3-25(2)37-34(41)32(22-26-13-6-4-7-14-26)38(23-27-15-12-16-28(35)21-27)33(40)24-39(31-20-11-10-19-30(31)36)44(42,43)29-17-8-5-9-18-29/h4-21,25,32H,3,22-24H2,1-2H3,(H,37,41)/t25-,32+/m0/s1. The van der Waals surface area contributed by atoms with Gasteiger partial charge in [-0.15, -0.1) is 0 Å². The van der Waals surface area contributed by atoms with Crippen LogP contribution < -0.4 is 9.62 Å². The van der Waals surface area contributed by atoms with Crippen molar-refractivity contribution in [1.82, 2.24) is 10.2 Å². The fourth-order valence-electron chi connectivity index (χ4n) is 4.71. The molecule has 4 aromatic rings. The molecule has 0 saturated heterocycles. The van der Waals surface area contributed by atoms with Gasteiger partial charge >= 0.3 is 0 Å². The molecule has 0 spiro atoms. The number of hydrogen-bond donors (Lipinski definition) is 1. The first-order chi connectivity index (χ1) is 21.1. The molecule has 0 saturated carbocycles. The molecule has 0 aliphatic rings. The second-order valence-corrected chi connectivity index (χ2v) is 12.7. The third-order valence-corrected chi connectivity index (χ3v) is 9.25. The van der Waals surface area contributed by atoms with Crippen molar-refractivity contribution >= 4 is 39.1 Å².